The lowest BCUT2D eigenvalue weighted by Crippen LogP contribution is -2.39. The second kappa shape index (κ2) is 8.48. The van der Waals surface area contributed by atoms with Gasteiger partial charge in [-0.15, -0.1) is 0 Å². The number of nitrogens with one attached hydrogen (secondary N) is 2. The highest BCUT2D eigenvalue weighted by atomic mass is 16.5. The summed E-state index contributed by atoms with van der Waals surface area (Å²) in [6.45, 7) is 3.81. The minimum absolute atomic E-state index is 0.109. The lowest BCUT2D eigenvalue weighted by Gasteiger charge is -2.25. The highest BCUT2D eigenvalue weighted by molar-refractivity contribution is 5.77. The van der Waals surface area contributed by atoms with Gasteiger partial charge in [-0.1, -0.05) is 6.07 Å². The molecule has 4 bridgehead atoms. The number of rotatable bonds is 1. The summed E-state index contributed by atoms with van der Waals surface area (Å²) < 4.78 is 11.6. The summed E-state index contributed by atoms with van der Waals surface area (Å²) >= 11 is 0. The minimum Gasteiger partial charge on any atom is -0.493 e. The first-order valence-corrected chi connectivity index (χ1v) is 10.3. The summed E-state index contributed by atoms with van der Waals surface area (Å²) in [6, 6.07) is 7.36. The van der Waals surface area contributed by atoms with Gasteiger partial charge in [0.25, 0.3) is 0 Å². The zero-order valence-corrected chi connectivity index (χ0v) is 16.2. The van der Waals surface area contributed by atoms with Crippen molar-refractivity contribution in [3.63, 3.8) is 0 Å². The van der Waals surface area contributed by atoms with E-state index >= 15 is 0 Å². The molecule has 1 amide bonds. The molecule has 2 saturated heterocycles. The third-order valence-corrected chi connectivity index (χ3v) is 6.24. The van der Waals surface area contributed by atoms with Crippen molar-refractivity contribution in [1.29, 1.82) is 0 Å². The van der Waals surface area contributed by atoms with Crippen LogP contribution < -0.4 is 20.1 Å². The first-order valence-electron chi connectivity index (χ1n) is 10.3. The number of amides is 1. The molecule has 0 aliphatic carbocycles. The van der Waals surface area contributed by atoms with Crippen molar-refractivity contribution in [2.75, 3.05) is 39.9 Å². The molecule has 0 saturated carbocycles. The fraction of sp³-hybridized carbons (Fsp3) is 0.667. The van der Waals surface area contributed by atoms with Gasteiger partial charge >= 0.3 is 0 Å². The van der Waals surface area contributed by atoms with Crippen LogP contribution in [0.1, 0.15) is 43.7 Å². The molecule has 3 atom stereocenters. The SMILES string of the molecule is COc1ccc2cc1OCCCCNCC(=O)NC[C@H]1C[C@H]2N2CCC[C@@H]12. The Morgan fingerprint density at radius 2 is 2.19 bits per heavy atom. The number of carbonyl (C=O) groups is 1. The van der Waals surface area contributed by atoms with Crippen LogP contribution in [0.4, 0.5) is 0 Å². The Morgan fingerprint density at radius 3 is 3.07 bits per heavy atom. The maximum absolute atomic E-state index is 12.1. The van der Waals surface area contributed by atoms with E-state index in [1.54, 1.807) is 7.11 Å². The molecular weight excluding hydrogens is 342 g/mol. The molecule has 3 aliphatic heterocycles. The fourth-order valence-corrected chi connectivity index (χ4v) is 4.89. The standard InChI is InChI=1S/C21H31N3O3/c1-26-19-7-6-15-12-20(19)27-10-3-2-8-22-14-21(25)23-13-16-11-18(15)24-9-4-5-17(16)24/h6-7,12,16-18,22H,2-5,8-11,13-14H2,1H3,(H,23,25)/t16-,17+,18-/m1/s1. The Bertz CT molecular complexity index is 666. The maximum Gasteiger partial charge on any atom is 0.233 e. The molecule has 2 fully saturated rings. The summed E-state index contributed by atoms with van der Waals surface area (Å²) in [7, 11) is 1.70. The lowest BCUT2D eigenvalue weighted by molar-refractivity contribution is -0.120. The molecule has 3 heterocycles. The smallest absolute Gasteiger partial charge is 0.233 e. The van der Waals surface area contributed by atoms with E-state index in [9.17, 15) is 4.79 Å². The van der Waals surface area contributed by atoms with Crippen LogP contribution in [0, 0.1) is 5.92 Å². The first-order chi connectivity index (χ1) is 13.3. The number of methoxy groups -OCH3 is 1. The summed E-state index contributed by atoms with van der Waals surface area (Å²) in [5, 5.41) is 6.39. The van der Waals surface area contributed by atoms with Crippen LogP contribution >= 0.6 is 0 Å². The van der Waals surface area contributed by atoms with Crippen molar-refractivity contribution in [2.45, 2.75) is 44.2 Å². The zero-order valence-electron chi connectivity index (χ0n) is 16.2. The van der Waals surface area contributed by atoms with Crippen molar-refractivity contribution >= 4 is 5.91 Å². The third kappa shape index (κ3) is 4.06. The molecule has 3 aliphatic rings. The van der Waals surface area contributed by atoms with Crippen molar-refractivity contribution in [3.05, 3.63) is 23.8 Å². The van der Waals surface area contributed by atoms with Gasteiger partial charge in [-0.25, -0.2) is 0 Å². The van der Waals surface area contributed by atoms with Gasteiger partial charge in [-0.05, 0) is 68.8 Å². The molecular formula is C21H31N3O3. The second-order valence-corrected chi connectivity index (χ2v) is 7.91. The Balaban J connectivity index is 1.59. The van der Waals surface area contributed by atoms with E-state index in [1.165, 1.54) is 18.4 Å². The Kier molecular flexibility index (Phi) is 5.83. The molecule has 2 N–H and O–H groups in total. The largest absolute Gasteiger partial charge is 0.493 e. The molecule has 4 rings (SSSR count). The Morgan fingerprint density at radius 1 is 1.26 bits per heavy atom. The van der Waals surface area contributed by atoms with Gasteiger partial charge in [0.05, 0.1) is 20.3 Å². The van der Waals surface area contributed by atoms with E-state index in [2.05, 4.69) is 27.7 Å². The van der Waals surface area contributed by atoms with Gasteiger partial charge in [0.1, 0.15) is 0 Å². The van der Waals surface area contributed by atoms with Gasteiger partial charge in [0.15, 0.2) is 11.5 Å². The average molecular weight is 373 g/mol. The van der Waals surface area contributed by atoms with Crippen LogP contribution in [0.25, 0.3) is 0 Å². The van der Waals surface area contributed by atoms with Crippen molar-refractivity contribution in [3.8, 4) is 11.5 Å². The van der Waals surface area contributed by atoms with E-state index < -0.39 is 0 Å². The predicted octanol–water partition coefficient (Wildman–Crippen LogP) is 2.10. The van der Waals surface area contributed by atoms with Gasteiger partial charge in [-0.2, -0.15) is 0 Å². The first kappa shape index (κ1) is 18.6. The molecule has 1 aromatic carbocycles. The van der Waals surface area contributed by atoms with Crippen molar-refractivity contribution in [2.24, 2.45) is 5.92 Å². The van der Waals surface area contributed by atoms with E-state index in [0.717, 1.165) is 50.4 Å². The fourth-order valence-electron chi connectivity index (χ4n) is 4.89. The van der Waals surface area contributed by atoms with Crippen molar-refractivity contribution in [1.82, 2.24) is 15.5 Å². The van der Waals surface area contributed by atoms with Gasteiger partial charge < -0.3 is 20.1 Å². The van der Waals surface area contributed by atoms with Crippen LogP contribution in [0.15, 0.2) is 18.2 Å². The molecule has 0 spiro atoms. The van der Waals surface area contributed by atoms with E-state index in [1.807, 2.05) is 6.07 Å². The quantitative estimate of drug-likeness (QED) is 0.789. The summed E-state index contributed by atoms with van der Waals surface area (Å²) in [5.74, 6) is 2.28. The highest BCUT2D eigenvalue weighted by Crippen LogP contribution is 2.46. The normalized spacial score (nSPS) is 29.7. The molecule has 0 radical (unpaired) electrons. The Hall–Kier alpha value is -1.79. The summed E-state index contributed by atoms with van der Waals surface area (Å²) in [4.78, 5) is 14.8. The molecule has 148 valence electrons. The zero-order chi connectivity index (χ0) is 18.6. The topological polar surface area (TPSA) is 62.8 Å². The van der Waals surface area contributed by atoms with Gasteiger partial charge in [0.2, 0.25) is 5.91 Å². The predicted molar refractivity (Wildman–Crippen MR) is 104 cm³/mol. The molecule has 6 heteroatoms. The van der Waals surface area contributed by atoms with E-state index in [-0.39, 0.29) is 5.91 Å². The summed E-state index contributed by atoms with van der Waals surface area (Å²) in [5.41, 5.74) is 1.31. The van der Waals surface area contributed by atoms with E-state index in [4.69, 9.17) is 9.47 Å². The summed E-state index contributed by atoms with van der Waals surface area (Å²) in [6.07, 6.45) is 5.49. The highest BCUT2D eigenvalue weighted by Gasteiger charge is 2.44. The van der Waals surface area contributed by atoms with Gasteiger partial charge in [-0.3, -0.25) is 9.69 Å². The van der Waals surface area contributed by atoms with Crippen LogP contribution in [-0.2, 0) is 4.79 Å². The molecule has 6 nitrogen and oxygen atoms in total. The second-order valence-electron chi connectivity index (χ2n) is 7.91. The van der Waals surface area contributed by atoms with E-state index in [0.29, 0.717) is 31.2 Å². The van der Waals surface area contributed by atoms with Crippen LogP contribution in [0.2, 0.25) is 0 Å². The molecule has 27 heavy (non-hydrogen) atoms. The third-order valence-electron chi connectivity index (χ3n) is 6.24. The lowest BCUT2D eigenvalue weighted by atomic mass is 9.94. The average Bonchev–Trinajstić information content (AvgIpc) is 3.28. The van der Waals surface area contributed by atoms with Crippen LogP contribution in [0.3, 0.4) is 0 Å². The number of nitrogens with zero attached hydrogens (tertiary/aromatic N) is 1. The number of hydrogen-bond acceptors (Lipinski definition) is 5. The number of hydrogen-bond donors (Lipinski definition) is 2. The number of benzene rings is 1. The molecule has 0 unspecified atom stereocenters. The van der Waals surface area contributed by atoms with Crippen LogP contribution in [-0.4, -0.2) is 56.7 Å². The number of carbonyl (C=O) groups excluding carboxylic acids is 1. The van der Waals surface area contributed by atoms with Gasteiger partial charge in [0, 0.05) is 18.6 Å². The number of fused-ring (bicyclic) bond motifs is 8. The Labute approximate surface area is 161 Å². The maximum atomic E-state index is 12.1. The monoisotopic (exact) mass is 373 g/mol. The van der Waals surface area contributed by atoms with Crippen LogP contribution in [0.5, 0.6) is 11.5 Å². The number of ether oxygens (including phenoxy) is 2. The minimum atomic E-state index is 0.109. The molecule has 0 aromatic heterocycles. The molecule has 1 aromatic rings. The van der Waals surface area contributed by atoms with Crippen molar-refractivity contribution < 1.29 is 14.3 Å².